The predicted octanol–water partition coefficient (Wildman–Crippen LogP) is 2.15. The normalized spacial score (nSPS) is 12.5. The molecule has 46 valence electrons. The van der Waals surface area contributed by atoms with E-state index in [0.29, 0.717) is 12.2 Å². The quantitative estimate of drug-likeness (QED) is 0.489. The van der Waals surface area contributed by atoms with Gasteiger partial charge in [0.25, 0.3) is 0 Å². The summed E-state index contributed by atoms with van der Waals surface area (Å²) in [6, 6.07) is 0. The van der Waals surface area contributed by atoms with Gasteiger partial charge >= 0.3 is 0 Å². The van der Waals surface area contributed by atoms with E-state index in [1.165, 1.54) is 0 Å². The van der Waals surface area contributed by atoms with Crippen LogP contribution in [0.1, 0.15) is 13.8 Å². The Morgan fingerprint density at radius 2 is 2.12 bits per heavy atom. The first kappa shape index (κ1) is 7.34. The Hall–Kier alpha value is -0.660. The molecule has 0 saturated carbocycles. The summed E-state index contributed by atoms with van der Waals surface area (Å²) in [7, 11) is 0. The molecule has 0 amide bonds. The number of aliphatic imine (C=N–C) groups is 1. The maximum Gasteiger partial charge on any atom is 0.105 e. The summed E-state index contributed by atoms with van der Waals surface area (Å²) in [6.07, 6.45) is 3.22. The predicted molar refractivity (Wildman–Crippen MR) is 33.6 cm³/mol. The van der Waals surface area contributed by atoms with Crippen LogP contribution in [0.5, 0.6) is 0 Å². The van der Waals surface area contributed by atoms with Gasteiger partial charge in [-0.3, -0.25) is 4.99 Å². The fourth-order valence-corrected chi connectivity index (χ4v) is 0.254. The van der Waals surface area contributed by atoms with Crippen LogP contribution in [0.2, 0.25) is 0 Å². The Labute approximate surface area is 48.9 Å². The van der Waals surface area contributed by atoms with Crippen LogP contribution in [0.15, 0.2) is 17.5 Å². The summed E-state index contributed by atoms with van der Waals surface area (Å²) < 4.78 is 11.1. The molecule has 0 heterocycles. The molecule has 0 spiro atoms. The zero-order valence-electron chi connectivity index (χ0n) is 5.13. The first-order chi connectivity index (χ1) is 3.77. The van der Waals surface area contributed by atoms with E-state index in [1.807, 2.05) is 13.8 Å². The molecular weight excluding hydrogens is 105 g/mol. The van der Waals surface area contributed by atoms with Gasteiger partial charge in [0.1, 0.15) is 6.33 Å². The first-order valence-corrected chi connectivity index (χ1v) is 2.56. The fraction of sp³-hybridized carbons (Fsp3) is 0.500. The topological polar surface area (TPSA) is 12.4 Å². The van der Waals surface area contributed by atoms with Gasteiger partial charge in [-0.1, -0.05) is 13.8 Å². The summed E-state index contributed by atoms with van der Waals surface area (Å²) in [4.78, 5) is 3.61. The lowest BCUT2D eigenvalue weighted by atomic mass is 10.3. The van der Waals surface area contributed by atoms with Crippen molar-refractivity contribution in [3.05, 3.63) is 12.5 Å². The average Bonchev–Trinajstić information content (AvgIpc) is 1.66. The Bertz CT molecular complexity index is 94.7. The van der Waals surface area contributed by atoms with Crippen LogP contribution >= 0.6 is 0 Å². The molecule has 2 heteroatoms. The van der Waals surface area contributed by atoms with Gasteiger partial charge < -0.3 is 0 Å². The highest BCUT2D eigenvalue weighted by Crippen LogP contribution is 1.85. The highest BCUT2D eigenvalue weighted by atomic mass is 19.1. The van der Waals surface area contributed by atoms with E-state index >= 15 is 0 Å². The van der Waals surface area contributed by atoms with E-state index < -0.39 is 0 Å². The van der Waals surface area contributed by atoms with E-state index in [-0.39, 0.29) is 0 Å². The minimum absolute atomic E-state index is 0.395. The largest absolute Gasteiger partial charge is 0.266 e. The maximum absolute atomic E-state index is 11.1. The molecule has 0 aromatic rings. The third kappa shape index (κ3) is 5.34. The second kappa shape index (κ2) is 4.50. The monoisotopic (exact) mass is 115 g/mol. The molecule has 0 N–H and O–H groups in total. The average molecular weight is 115 g/mol. The molecule has 0 aliphatic heterocycles. The highest BCUT2D eigenvalue weighted by Gasteiger charge is 1.79. The highest BCUT2D eigenvalue weighted by molar-refractivity contribution is 5.60. The third-order valence-corrected chi connectivity index (χ3v) is 0.527. The molecule has 0 fully saturated rings. The van der Waals surface area contributed by atoms with Crippen LogP contribution < -0.4 is 0 Å². The molecule has 0 rings (SSSR count). The summed E-state index contributed by atoms with van der Waals surface area (Å²) >= 11 is 0. The van der Waals surface area contributed by atoms with E-state index in [2.05, 4.69) is 4.99 Å². The third-order valence-electron chi connectivity index (χ3n) is 0.527. The molecule has 0 aromatic heterocycles. The number of halogens is 1. The van der Waals surface area contributed by atoms with Crippen molar-refractivity contribution < 1.29 is 4.39 Å². The smallest absolute Gasteiger partial charge is 0.105 e. The lowest BCUT2D eigenvalue weighted by Gasteiger charge is -1.86. The first-order valence-electron chi connectivity index (χ1n) is 2.56. The van der Waals surface area contributed by atoms with Crippen molar-refractivity contribution in [2.75, 3.05) is 0 Å². The SMILES string of the molecule is CC(C)C=N/C=C\F. The van der Waals surface area contributed by atoms with Crippen LogP contribution in [0.25, 0.3) is 0 Å². The molecule has 0 aromatic carbocycles. The number of rotatable bonds is 2. The van der Waals surface area contributed by atoms with E-state index in [9.17, 15) is 4.39 Å². The molecule has 0 radical (unpaired) electrons. The summed E-state index contributed by atoms with van der Waals surface area (Å²) in [5.41, 5.74) is 0. The second-order valence-corrected chi connectivity index (χ2v) is 1.82. The molecule has 1 nitrogen and oxygen atoms in total. The van der Waals surface area contributed by atoms with Gasteiger partial charge in [-0.25, -0.2) is 4.39 Å². The van der Waals surface area contributed by atoms with Gasteiger partial charge in [-0.2, -0.15) is 0 Å². The lowest BCUT2D eigenvalue weighted by Crippen LogP contribution is -1.84. The summed E-state index contributed by atoms with van der Waals surface area (Å²) in [5, 5.41) is 0. The molecular formula is C6H10FN. The fourth-order valence-electron chi connectivity index (χ4n) is 0.254. The van der Waals surface area contributed by atoms with E-state index in [1.54, 1.807) is 6.21 Å². The summed E-state index contributed by atoms with van der Waals surface area (Å²) in [6.45, 7) is 3.96. The van der Waals surface area contributed by atoms with Gasteiger partial charge in [0, 0.05) is 6.21 Å². The Kier molecular flexibility index (Phi) is 4.13. The van der Waals surface area contributed by atoms with Crippen molar-refractivity contribution in [1.29, 1.82) is 0 Å². The molecule has 0 bridgehead atoms. The number of nitrogens with zero attached hydrogens (tertiary/aromatic N) is 1. The van der Waals surface area contributed by atoms with Gasteiger partial charge in [0.2, 0.25) is 0 Å². The van der Waals surface area contributed by atoms with Gasteiger partial charge in [0.05, 0.1) is 6.20 Å². The Morgan fingerprint density at radius 3 is 2.50 bits per heavy atom. The minimum atomic E-state index is 0.395. The molecule has 0 atom stereocenters. The van der Waals surface area contributed by atoms with Crippen LogP contribution in [-0.4, -0.2) is 6.21 Å². The Balaban J connectivity index is 3.34. The van der Waals surface area contributed by atoms with Gasteiger partial charge in [0.15, 0.2) is 0 Å². The standard InChI is InChI=1S/C6H10FN/c1-6(2)5-8-4-3-7/h3-6H,1-2H3/b4-3-,8-5?. The van der Waals surface area contributed by atoms with Crippen molar-refractivity contribution in [2.24, 2.45) is 10.9 Å². The molecule has 0 aliphatic carbocycles. The summed E-state index contributed by atoms with van der Waals surface area (Å²) in [5.74, 6) is 0.395. The maximum atomic E-state index is 11.1. The van der Waals surface area contributed by atoms with Crippen molar-refractivity contribution in [3.63, 3.8) is 0 Å². The van der Waals surface area contributed by atoms with Crippen molar-refractivity contribution in [2.45, 2.75) is 13.8 Å². The lowest BCUT2D eigenvalue weighted by molar-refractivity contribution is 0.718. The number of hydrogen-bond acceptors (Lipinski definition) is 1. The van der Waals surface area contributed by atoms with Gasteiger partial charge in [-0.05, 0) is 5.92 Å². The zero-order valence-corrected chi connectivity index (χ0v) is 5.13. The van der Waals surface area contributed by atoms with Crippen molar-refractivity contribution in [1.82, 2.24) is 0 Å². The van der Waals surface area contributed by atoms with Gasteiger partial charge in [-0.15, -0.1) is 0 Å². The second-order valence-electron chi connectivity index (χ2n) is 1.82. The van der Waals surface area contributed by atoms with Crippen LogP contribution in [0.4, 0.5) is 4.39 Å². The molecule has 0 saturated heterocycles. The minimum Gasteiger partial charge on any atom is -0.266 e. The van der Waals surface area contributed by atoms with Crippen LogP contribution in [-0.2, 0) is 0 Å². The van der Waals surface area contributed by atoms with E-state index in [0.717, 1.165) is 6.20 Å². The molecule has 8 heavy (non-hydrogen) atoms. The van der Waals surface area contributed by atoms with Crippen molar-refractivity contribution in [3.8, 4) is 0 Å². The van der Waals surface area contributed by atoms with Crippen molar-refractivity contribution >= 4 is 6.21 Å². The zero-order chi connectivity index (χ0) is 6.41. The molecule has 0 unspecified atom stereocenters. The van der Waals surface area contributed by atoms with Crippen LogP contribution in [0, 0.1) is 5.92 Å². The Morgan fingerprint density at radius 1 is 1.50 bits per heavy atom. The van der Waals surface area contributed by atoms with E-state index in [4.69, 9.17) is 0 Å². The molecule has 0 aliphatic rings. The number of hydrogen-bond donors (Lipinski definition) is 0. The van der Waals surface area contributed by atoms with Crippen LogP contribution in [0.3, 0.4) is 0 Å².